The van der Waals surface area contributed by atoms with Crippen LogP contribution in [0, 0.1) is 0 Å². The van der Waals surface area contributed by atoms with Gasteiger partial charge >= 0.3 is 5.97 Å². The number of nitrogens with zero attached hydrogens (tertiary/aromatic N) is 2. The highest BCUT2D eigenvalue weighted by atomic mass is 16.5. The number of ether oxygens (including phenoxy) is 1. The molecule has 0 amide bonds. The molecule has 0 aromatic carbocycles. The fourth-order valence-corrected chi connectivity index (χ4v) is 0.970. The largest absolute Gasteiger partial charge is 0.462 e. The molecule has 0 fully saturated rings. The Morgan fingerprint density at radius 2 is 1.79 bits per heavy atom. The van der Waals surface area contributed by atoms with Gasteiger partial charge in [0.1, 0.15) is 0 Å². The summed E-state index contributed by atoms with van der Waals surface area (Å²) in [6.45, 7) is 5.91. The third kappa shape index (κ3) is 8.01. The highest BCUT2D eigenvalue weighted by molar-refractivity contribution is 5.71. The van der Waals surface area contributed by atoms with Crippen molar-refractivity contribution in [3.05, 3.63) is 0 Å². The molecule has 4 heteroatoms. The Labute approximate surface area is 86.8 Å². The molecule has 0 unspecified atom stereocenters. The van der Waals surface area contributed by atoms with Crippen molar-refractivity contribution >= 4 is 5.97 Å². The van der Waals surface area contributed by atoms with Gasteiger partial charge in [-0.1, -0.05) is 0 Å². The Bertz CT molecular complexity index is 170. The van der Waals surface area contributed by atoms with E-state index >= 15 is 0 Å². The van der Waals surface area contributed by atoms with Crippen LogP contribution in [0.15, 0.2) is 0 Å². The summed E-state index contributed by atoms with van der Waals surface area (Å²) in [4.78, 5) is 15.3. The smallest absolute Gasteiger partial charge is 0.320 e. The van der Waals surface area contributed by atoms with Gasteiger partial charge in [-0.25, -0.2) is 0 Å². The van der Waals surface area contributed by atoms with Gasteiger partial charge in [0.15, 0.2) is 0 Å². The zero-order chi connectivity index (χ0) is 11.1. The number of likely N-dealkylation sites (N-methyl/N-ethyl adjacent to an activating group) is 2. The summed E-state index contributed by atoms with van der Waals surface area (Å²) >= 11 is 0. The van der Waals surface area contributed by atoms with Crippen LogP contribution in [0.25, 0.3) is 0 Å². The zero-order valence-corrected chi connectivity index (χ0v) is 9.91. The molecule has 0 radical (unpaired) electrons. The van der Waals surface area contributed by atoms with Crippen LogP contribution in [0.1, 0.15) is 13.8 Å². The van der Waals surface area contributed by atoms with Gasteiger partial charge in [-0.15, -0.1) is 0 Å². The first-order valence-electron chi connectivity index (χ1n) is 4.94. The number of rotatable bonds is 6. The first-order valence-corrected chi connectivity index (χ1v) is 4.94. The maximum Gasteiger partial charge on any atom is 0.320 e. The topological polar surface area (TPSA) is 32.8 Å². The van der Waals surface area contributed by atoms with E-state index in [1.165, 1.54) is 0 Å². The Hall–Kier alpha value is -0.610. The minimum absolute atomic E-state index is 0.0234. The Balaban J connectivity index is 3.60. The molecule has 14 heavy (non-hydrogen) atoms. The van der Waals surface area contributed by atoms with Crippen LogP contribution in [0.5, 0.6) is 0 Å². The van der Waals surface area contributed by atoms with E-state index in [0.29, 0.717) is 6.54 Å². The molecule has 0 aliphatic heterocycles. The van der Waals surface area contributed by atoms with Crippen LogP contribution in [-0.2, 0) is 9.53 Å². The monoisotopic (exact) mass is 202 g/mol. The summed E-state index contributed by atoms with van der Waals surface area (Å²) in [6, 6.07) is 0. The van der Waals surface area contributed by atoms with Crippen LogP contribution < -0.4 is 0 Å². The van der Waals surface area contributed by atoms with Crippen molar-refractivity contribution in [3.63, 3.8) is 0 Å². The van der Waals surface area contributed by atoms with Crippen LogP contribution in [0.4, 0.5) is 0 Å². The first-order chi connectivity index (χ1) is 6.41. The molecule has 0 rings (SSSR count). The number of esters is 1. The minimum Gasteiger partial charge on any atom is -0.462 e. The molecular formula is C10H22N2O2. The average Bonchev–Trinajstić information content (AvgIpc) is 1.98. The fraction of sp³-hybridized carbons (Fsp3) is 0.900. The van der Waals surface area contributed by atoms with Gasteiger partial charge in [-0.3, -0.25) is 9.69 Å². The van der Waals surface area contributed by atoms with Crippen molar-refractivity contribution in [2.24, 2.45) is 0 Å². The average molecular weight is 202 g/mol. The van der Waals surface area contributed by atoms with E-state index in [-0.39, 0.29) is 12.1 Å². The third-order valence-corrected chi connectivity index (χ3v) is 1.70. The second-order valence-electron chi connectivity index (χ2n) is 4.08. The van der Waals surface area contributed by atoms with Crippen molar-refractivity contribution in [2.45, 2.75) is 20.0 Å². The lowest BCUT2D eigenvalue weighted by atomic mass is 10.4. The van der Waals surface area contributed by atoms with Crippen LogP contribution >= 0.6 is 0 Å². The molecule has 0 heterocycles. The normalized spacial score (nSPS) is 11.4. The zero-order valence-electron chi connectivity index (χ0n) is 9.91. The predicted molar refractivity (Wildman–Crippen MR) is 57.3 cm³/mol. The molecule has 0 N–H and O–H groups in total. The van der Waals surface area contributed by atoms with Crippen molar-refractivity contribution in [1.82, 2.24) is 9.80 Å². The molecule has 0 aromatic heterocycles. The van der Waals surface area contributed by atoms with Crippen molar-refractivity contribution in [1.29, 1.82) is 0 Å². The second-order valence-corrected chi connectivity index (χ2v) is 4.08. The SMILES string of the molecule is CC(C)OC(=O)CN(C)CCN(C)C. The predicted octanol–water partition coefficient (Wildman–Crippen LogP) is 0.431. The van der Waals surface area contributed by atoms with Gasteiger partial charge in [-0.05, 0) is 35.0 Å². The molecule has 0 saturated carbocycles. The van der Waals surface area contributed by atoms with E-state index < -0.39 is 0 Å². The lowest BCUT2D eigenvalue weighted by Gasteiger charge is -2.19. The highest BCUT2D eigenvalue weighted by Crippen LogP contribution is 1.91. The first kappa shape index (κ1) is 13.4. The van der Waals surface area contributed by atoms with E-state index in [9.17, 15) is 4.79 Å². The van der Waals surface area contributed by atoms with E-state index in [0.717, 1.165) is 13.1 Å². The quantitative estimate of drug-likeness (QED) is 0.585. The van der Waals surface area contributed by atoms with Gasteiger partial charge in [0.2, 0.25) is 0 Å². The number of carbonyl (C=O) groups is 1. The van der Waals surface area contributed by atoms with Gasteiger partial charge in [0.05, 0.1) is 12.6 Å². The summed E-state index contributed by atoms with van der Waals surface area (Å²) in [6.07, 6.45) is -0.0234. The summed E-state index contributed by atoms with van der Waals surface area (Å²) in [7, 11) is 5.95. The molecule has 0 bridgehead atoms. The van der Waals surface area contributed by atoms with Crippen LogP contribution in [-0.4, -0.2) is 62.7 Å². The van der Waals surface area contributed by atoms with E-state index in [4.69, 9.17) is 4.74 Å². The summed E-state index contributed by atoms with van der Waals surface area (Å²) < 4.78 is 5.03. The van der Waals surface area contributed by atoms with Gasteiger partial charge < -0.3 is 9.64 Å². The third-order valence-electron chi connectivity index (χ3n) is 1.70. The summed E-state index contributed by atoms with van der Waals surface area (Å²) in [5.74, 6) is -0.152. The van der Waals surface area contributed by atoms with E-state index in [2.05, 4.69) is 4.90 Å². The number of hydrogen-bond donors (Lipinski definition) is 0. The van der Waals surface area contributed by atoms with Crippen LogP contribution in [0.2, 0.25) is 0 Å². The number of hydrogen-bond acceptors (Lipinski definition) is 4. The molecule has 0 aliphatic rings. The Kier molecular flexibility index (Phi) is 6.49. The summed E-state index contributed by atoms with van der Waals surface area (Å²) in [5, 5.41) is 0. The molecule has 0 aromatic rings. The molecular weight excluding hydrogens is 180 g/mol. The van der Waals surface area contributed by atoms with Crippen molar-refractivity contribution in [3.8, 4) is 0 Å². The minimum atomic E-state index is -0.152. The van der Waals surface area contributed by atoms with E-state index in [1.54, 1.807) is 0 Å². The Morgan fingerprint density at radius 3 is 2.21 bits per heavy atom. The highest BCUT2D eigenvalue weighted by Gasteiger charge is 2.08. The molecule has 0 saturated heterocycles. The molecule has 0 atom stereocenters. The van der Waals surface area contributed by atoms with Crippen molar-refractivity contribution in [2.75, 3.05) is 40.8 Å². The van der Waals surface area contributed by atoms with Gasteiger partial charge in [0.25, 0.3) is 0 Å². The fourth-order valence-electron chi connectivity index (χ4n) is 0.970. The second kappa shape index (κ2) is 6.79. The van der Waals surface area contributed by atoms with Crippen LogP contribution in [0.3, 0.4) is 0 Å². The van der Waals surface area contributed by atoms with Gasteiger partial charge in [-0.2, -0.15) is 0 Å². The number of carbonyl (C=O) groups excluding carboxylic acids is 1. The molecule has 0 spiro atoms. The standard InChI is InChI=1S/C10H22N2O2/c1-9(2)14-10(13)8-12(5)7-6-11(3)4/h9H,6-8H2,1-5H3. The summed E-state index contributed by atoms with van der Waals surface area (Å²) in [5.41, 5.74) is 0. The molecule has 84 valence electrons. The lowest BCUT2D eigenvalue weighted by Crippen LogP contribution is -2.34. The molecule has 0 aliphatic carbocycles. The Morgan fingerprint density at radius 1 is 1.21 bits per heavy atom. The van der Waals surface area contributed by atoms with E-state index in [1.807, 2.05) is 39.9 Å². The maximum atomic E-state index is 11.2. The van der Waals surface area contributed by atoms with Gasteiger partial charge in [0, 0.05) is 13.1 Å². The molecule has 4 nitrogen and oxygen atoms in total. The lowest BCUT2D eigenvalue weighted by molar-refractivity contribution is -0.148. The van der Waals surface area contributed by atoms with Crippen molar-refractivity contribution < 1.29 is 9.53 Å². The maximum absolute atomic E-state index is 11.2.